The van der Waals surface area contributed by atoms with Gasteiger partial charge >= 0.3 is 6.18 Å². The summed E-state index contributed by atoms with van der Waals surface area (Å²) in [7, 11) is 1.80. The quantitative estimate of drug-likeness (QED) is 0.587. The number of nitrogens with one attached hydrogen (secondary N) is 2. The van der Waals surface area contributed by atoms with Crippen LogP contribution in [0.1, 0.15) is 19.2 Å². The standard InChI is InChI=1S/C14H24F3N7/c1-3-18-13(20-7-12-21-10-22-23(12)2)19-6-11-4-5-24(8-11)9-14(15,16)17/h10-11H,3-9H2,1-2H3,(H2,18,19,20). The number of hydrogen-bond donors (Lipinski definition) is 2. The molecule has 0 amide bonds. The minimum Gasteiger partial charge on any atom is -0.357 e. The van der Waals surface area contributed by atoms with Gasteiger partial charge in [-0.1, -0.05) is 0 Å². The van der Waals surface area contributed by atoms with E-state index in [9.17, 15) is 13.2 Å². The van der Waals surface area contributed by atoms with E-state index in [0.29, 0.717) is 38.7 Å². The number of halogens is 3. The minimum atomic E-state index is -4.13. The summed E-state index contributed by atoms with van der Waals surface area (Å²) in [4.78, 5) is 9.99. The van der Waals surface area contributed by atoms with Crippen LogP contribution >= 0.6 is 0 Å². The molecule has 1 saturated heterocycles. The van der Waals surface area contributed by atoms with Crippen molar-refractivity contribution >= 4 is 5.96 Å². The van der Waals surface area contributed by atoms with Crippen molar-refractivity contribution in [1.29, 1.82) is 0 Å². The number of likely N-dealkylation sites (tertiary alicyclic amines) is 1. The maximum absolute atomic E-state index is 12.4. The van der Waals surface area contributed by atoms with Crippen LogP contribution in [0.5, 0.6) is 0 Å². The lowest BCUT2D eigenvalue weighted by atomic mass is 10.1. The molecule has 0 aliphatic carbocycles. The van der Waals surface area contributed by atoms with E-state index >= 15 is 0 Å². The van der Waals surface area contributed by atoms with Crippen LogP contribution in [0, 0.1) is 5.92 Å². The average molecular weight is 347 g/mol. The molecule has 0 saturated carbocycles. The number of aromatic nitrogens is 3. The van der Waals surface area contributed by atoms with Gasteiger partial charge in [0, 0.05) is 26.7 Å². The van der Waals surface area contributed by atoms with Crippen LogP contribution in [0.4, 0.5) is 13.2 Å². The largest absolute Gasteiger partial charge is 0.401 e. The van der Waals surface area contributed by atoms with Crippen molar-refractivity contribution in [2.24, 2.45) is 18.0 Å². The van der Waals surface area contributed by atoms with E-state index in [1.54, 1.807) is 11.7 Å². The number of rotatable bonds is 6. The summed E-state index contributed by atoms with van der Waals surface area (Å²) in [5, 5.41) is 10.3. The second-order valence-electron chi connectivity index (χ2n) is 5.88. The minimum absolute atomic E-state index is 0.186. The zero-order chi connectivity index (χ0) is 17.6. The molecule has 10 heteroatoms. The number of hydrogen-bond acceptors (Lipinski definition) is 4. The first kappa shape index (κ1) is 18.5. The van der Waals surface area contributed by atoms with Crippen molar-refractivity contribution in [3.8, 4) is 0 Å². The van der Waals surface area contributed by atoms with Gasteiger partial charge in [0.2, 0.25) is 0 Å². The summed E-state index contributed by atoms with van der Waals surface area (Å²) < 4.78 is 38.9. The Morgan fingerprint density at radius 3 is 2.83 bits per heavy atom. The summed E-state index contributed by atoms with van der Waals surface area (Å²) in [6.45, 7) is 3.75. The van der Waals surface area contributed by atoms with Gasteiger partial charge in [0.05, 0.1) is 6.54 Å². The topological polar surface area (TPSA) is 70.4 Å². The Labute approximate surface area is 139 Å². The third-order valence-corrected chi connectivity index (χ3v) is 3.86. The highest BCUT2D eigenvalue weighted by Gasteiger charge is 2.34. The molecular formula is C14H24F3N7. The second kappa shape index (κ2) is 8.32. The van der Waals surface area contributed by atoms with Crippen molar-refractivity contribution in [2.45, 2.75) is 26.1 Å². The Bertz CT molecular complexity index is 541. The van der Waals surface area contributed by atoms with Crippen LogP contribution in [0.3, 0.4) is 0 Å². The molecule has 0 radical (unpaired) electrons. The highest BCUT2D eigenvalue weighted by molar-refractivity contribution is 5.79. The SMILES string of the molecule is CCNC(=NCc1ncnn1C)NCC1CCN(CC(F)(F)F)C1. The van der Waals surface area contributed by atoms with Crippen LogP contribution in [-0.4, -0.2) is 64.5 Å². The molecule has 7 nitrogen and oxygen atoms in total. The Morgan fingerprint density at radius 1 is 1.42 bits per heavy atom. The van der Waals surface area contributed by atoms with Crippen molar-refractivity contribution in [3.05, 3.63) is 12.2 Å². The molecule has 24 heavy (non-hydrogen) atoms. The maximum atomic E-state index is 12.4. The first-order valence-corrected chi connectivity index (χ1v) is 8.01. The lowest BCUT2D eigenvalue weighted by Gasteiger charge is -2.18. The Balaban J connectivity index is 1.80. The zero-order valence-corrected chi connectivity index (χ0v) is 14.0. The molecule has 2 heterocycles. The average Bonchev–Trinajstić information content (AvgIpc) is 3.09. The van der Waals surface area contributed by atoms with Crippen LogP contribution in [0.15, 0.2) is 11.3 Å². The fourth-order valence-electron chi connectivity index (χ4n) is 2.67. The van der Waals surface area contributed by atoms with Gasteiger partial charge in [-0.05, 0) is 25.8 Å². The summed E-state index contributed by atoms with van der Waals surface area (Å²) in [5.41, 5.74) is 0. The van der Waals surface area contributed by atoms with Crippen LogP contribution in [-0.2, 0) is 13.6 Å². The normalized spacial score (nSPS) is 19.7. The van der Waals surface area contributed by atoms with Gasteiger partial charge in [0.25, 0.3) is 0 Å². The summed E-state index contributed by atoms with van der Waals surface area (Å²) in [5.74, 6) is 1.56. The number of aliphatic imine (C=N–C) groups is 1. The van der Waals surface area contributed by atoms with Gasteiger partial charge in [-0.25, -0.2) is 9.98 Å². The number of nitrogens with zero attached hydrogens (tertiary/aromatic N) is 5. The predicted molar refractivity (Wildman–Crippen MR) is 84.4 cm³/mol. The summed E-state index contributed by atoms with van der Waals surface area (Å²) in [6.07, 6.45) is -1.90. The number of guanidine groups is 1. The zero-order valence-electron chi connectivity index (χ0n) is 14.0. The Hall–Kier alpha value is -1.84. The van der Waals surface area contributed by atoms with Crippen molar-refractivity contribution in [2.75, 3.05) is 32.7 Å². The number of alkyl halides is 3. The van der Waals surface area contributed by atoms with Gasteiger partial charge in [0.1, 0.15) is 18.7 Å². The fraction of sp³-hybridized carbons (Fsp3) is 0.786. The molecule has 1 unspecified atom stereocenters. The first-order chi connectivity index (χ1) is 11.4. The van der Waals surface area contributed by atoms with E-state index < -0.39 is 12.7 Å². The van der Waals surface area contributed by atoms with E-state index in [4.69, 9.17) is 0 Å². The predicted octanol–water partition coefficient (Wildman–Crippen LogP) is 0.754. The van der Waals surface area contributed by atoms with Crippen LogP contribution in [0.2, 0.25) is 0 Å². The molecule has 0 bridgehead atoms. The lowest BCUT2D eigenvalue weighted by Crippen LogP contribution is -2.40. The molecule has 1 atom stereocenters. The third-order valence-electron chi connectivity index (χ3n) is 3.86. The Kier molecular flexibility index (Phi) is 6.41. The van der Waals surface area contributed by atoms with E-state index in [1.165, 1.54) is 11.2 Å². The van der Waals surface area contributed by atoms with Crippen LogP contribution < -0.4 is 10.6 Å². The monoisotopic (exact) mass is 347 g/mol. The third kappa shape index (κ3) is 5.99. The van der Waals surface area contributed by atoms with Gasteiger partial charge in [0.15, 0.2) is 5.96 Å². The molecule has 1 fully saturated rings. The molecular weight excluding hydrogens is 323 g/mol. The molecule has 1 aliphatic rings. The summed E-state index contributed by atoms with van der Waals surface area (Å²) in [6, 6.07) is 0. The van der Waals surface area contributed by atoms with E-state index in [-0.39, 0.29) is 5.92 Å². The maximum Gasteiger partial charge on any atom is 0.401 e. The molecule has 1 aromatic heterocycles. The number of aryl methyl sites for hydroxylation is 1. The van der Waals surface area contributed by atoms with Gasteiger partial charge < -0.3 is 10.6 Å². The second-order valence-corrected chi connectivity index (χ2v) is 5.88. The van der Waals surface area contributed by atoms with Gasteiger partial charge in [-0.2, -0.15) is 18.3 Å². The summed E-state index contributed by atoms with van der Waals surface area (Å²) >= 11 is 0. The van der Waals surface area contributed by atoms with E-state index in [2.05, 4.69) is 25.7 Å². The van der Waals surface area contributed by atoms with Crippen LogP contribution in [0.25, 0.3) is 0 Å². The fourth-order valence-corrected chi connectivity index (χ4v) is 2.67. The molecule has 2 rings (SSSR count). The van der Waals surface area contributed by atoms with E-state index in [1.807, 2.05) is 6.92 Å². The molecule has 136 valence electrons. The highest BCUT2D eigenvalue weighted by Crippen LogP contribution is 2.22. The molecule has 1 aliphatic heterocycles. The van der Waals surface area contributed by atoms with Crippen molar-refractivity contribution in [1.82, 2.24) is 30.3 Å². The molecule has 0 spiro atoms. The molecule has 2 N–H and O–H groups in total. The van der Waals surface area contributed by atoms with Crippen molar-refractivity contribution in [3.63, 3.8) is 0 Å². The van der Waals surface area contributed by atoms with Gasteiger partial charge in [-0.15, -0.1) is 0 Å². The first-order valence-electron chi connectivity index (χ1n) is 8.01. The lowest BCUT2D eigenvalue weighted by molar-refractivity contribution is -0.143. The van der Waals surface area contributed by atoms with Crippen molar-refractivity contribution < 1.29 is 13.2 Å². The van der Waals surface area contributed by atoms with E-state index in [0.717, 1.165) is 12.2 Å². The highest BCUT2D eigenvalue weighted by atomic mass is 19.4. The molecule has 1 aromatic rings. The Morgan fingerprint density at radius 2 is 2.21 bits per heavy atom. The molecule has 0 aromatic carbocycles. The van der Waals surface area contributed by atoms with Gasteiger partial charge in [-0.3, -0.25) is 9.58 Å². The smallest absolute Gasteiger partial charge is 0.357 e.